The molecule has 1 N–H and O–H groups in total. The quantitative estimate of drug-likeness (QED) is 0.684. The van der Waals surface area contributed by atoms with E-state index in [1.807, 2.05) is 0 Å². The number of rotatable bonds is 4. The van der Waals surface area contributed by atoms with Gasteiger partial charge in [0.05, 0.1) is 24.1 Å². The molecule has 0 unspecified atom stereocenters. The molecular formula is C9H7ClF5NO2. The first-order chi connectivity index (χ1) is 8.30. The summed E-state index contributed by atoms with van der Waals surface area (Å²) in [7, 11) is 0. The summed E-state index contributed by atoms with van der Waals surface area (Å²) >= 11 is 5.38. The van der Waals surface area contributed by atoms with E-state index in [1.165, 1.54) is 0 Å². The van der Waals surface area contributed by atoms with Crippen molar-refractivity contribution in [3.63, 3.8) is 0 Å². The molecule has 0 saturated carbocycles. The topological polar surface area (TPSA) is 42.4 Å². The molecule has 0 saturated heterocycles. The van der Waals surface area contributed by atoms with Gasteiger partial charge in [-0.3, -0.25) is 4.98 Å². The van der Waals surface area contributed by atoms with Crippen LogP contribution in [0.1, 0.15) is 23.2 Å². The molecule has 1 aromatic rings. The molecule has 9 heteroatoms. The molecule has 1 aromatic heterocycles. The first kappa shape index (κ1) is 14.9. The Morgan fingerprint density at radius 2 is 2.00 bits per heavy atom. The van der Waals surface area contributed by atoms with Crippen LogP contribution in [0.2, 0.25) is 0 Å². The normalized spacial score (nSPS) is 12.0. The van der Waals surface area contributed by atoms with E-state index in [1.54, 1.807) is 0 Å². The van der Waals surface area contributed by atoms with Gasteiger partial charge in [-0.2, -0.15) is 0 Å². The van der Waals surface area contributed by atoms with Crippen LogP contribution in [0, 0.1) is 0 Å². The van der Waals surface area contributed by atoms with Gasteiger partial charge >= 0.3 is 6.36 Å². The Bertz CT molecular complexity index is 424. The number of aromatic nitrogens is 1. The number of ether oxygens (including phenoxy) is 1. The minimum absolute atomic E-state index is 0.213. The Kier molecular flexibility index (Phi) is 4.69. The molecular weight excluding hydrogens is 285 g/mol. The van der Waals surface area contributed by atoms with Crippen LogP contribution in [-0.4, -0.2) is 16.5 Å². The summed E-state index contributed by atoms with van der Waals surface area (Å²) in [6.07, 6.45) is -7.86. The van der Waals surface area contributed by atoms with Gasteiger partial charge < -0.3 is 9.84 Å². The highest BCUT2D eigenvalue weighted by Crippen LogP contribution is 2.36. The fraction of sp³-hybridized carbons (Fsp3) is 0.444. The maximum atomic E-state index is 12.8. The Hall–Kier alpha value is -1.15. The van der Waals surface area contributed by atoms with Crippen LogP contribution in [-0.2, 0) is 12.5 Å². The predicted octanol–water partition coefficient (Wildman–Crippen LogP) is 3.15. The highest BCUT2D eigenvalue weighted by atomic mass is 35.5. The van der Waals surface area contributed by atoms with Crippen LogP contribution in [0.15, 0.2) is 6.20 Å². The summed E-state index contributed by atoms with van der Waals surface area (Å²) in [5.41, 5.74) is -1.59. The van der Waals surface area contributed by atoms with Crippen molar-refractivity contribution in [1.29, 1.82) is 0 Å². The van der Waals surface area contributed by atoms with Gasteiger partial charge in [0, 0.05) is 11.4 Å². The second-order valence-electron chi connectivity index (χ2n) is 3.10. The lowest BCUT2D eigenvalue weighted by Gasteiger charge is -2.16. The summed E-state index contributed by atoms with van der Waals surface area (Å²) in [6, 6.07) is 0. The van der Waals surface area contributed by atoms with E-state index in [2.05, 4.69) is 9.72 Å². The largest absolute Gasteiger partial charge is 0.573 e. The Morgan fingerprint density at radius 3 is 2.39 bits per heavy atom. The number of pyridine rings is 1. The molecule has 0 aromatic carbocycles. The summed E-state index contributed by atoms with van der Waals surface area (Å²) in [5.74, 6) is -1.64. The highest BCUT2D eigenvalue weighted by Gasteiger charge is 2.34. The van der Waals surface area contributed by atoms with E-state index in [9.17, 15) is 22.0 Å². The predicted molar refractivity (Wildman–Crippen MR) is 51.4 cm³/mol. The van der Waals surface area contributed by atoms with Crippen molar-refractivity contribution in [2.24, 2.45) is 0 Å². The second kappa shape index (κ2) is 5.66. The zero-order chi connectivity index (χ0) is 13.9. The van der Waals surface area contributed by atoms with Crippen molar-refractivity contribution in [2.75, 3.05) is 0 Å². The van der Waals surface area contributed by atoms with Crippen molar-refractivity contribution in [2.45, 2.75) is 25.3 Å². The lowest BCUT2D eigenvalue weighted by Crippen LogP contribution is -2.19. The highest BCUT2D eigenvalue weighted by molar-refractivity contribution is 6.17. The minimum Gasteiger partial charge on any atom is -0.404 e. The van der Waals surface area contributed by atoms with Crippen molar-refractivity contribution in [1.82, 2.24) is 4.98 Å². The van der Waals surface area contributed by atoms with Gasteiger partial charge in [-0.1, -0.05) is 0 Å². The van der Waals surface area contributed by atoms with Gasteiger partial charge in [0.15, 0.2) is 5.75 Å². The Balaban J connectivity index is 3.35. The Labute approximate surface area is 103 Å². The summed E-state index contributed by atoms with van der Waals surface area (Å²) in [5, 5.41) is 8.85. The van der Waals surface area contributed by atoms with E-state index in [0.29, 0.717) is 6.20 Å². The van der Waals surface area contributed by atoms with Crippen molar-refractivity contribution in [3.05, 3.63) is 23.0 Å². The van der Waals surface area contributed by atoms with E-state index in [4.69, 9.17) is 16.7 Å². The third kappa shape index (κ3) is 3.42. The second-order valence-corrected chi connectivity index (χ2v) is 3.37. The van der Waals surface area contributed by atoms with Gasteiger partial charge in [0.2, 0.25) is 0 Å². The molecule has 0 spiro atoms. The van der Waals surface area contributed by atoms with Crippen LogP contribution in [0.3, 0.4) is 0 Å². The third-order valence-corrected chi connectivity index (χ3v) is 2.27. The molecule has 0 aliphatic rings. The summed E-state index contributed by atoms with van der Waals surface area (Å²) in [6.45, 7) is -0.714. The maximum Gasteiger partial charge on any atom is 0.573 e. The van der Waals surface area contributed by atoms with Crippen molar-refractivity contribution in [3.8, 4) is 5.75 Å². The third-order valence-electron chi connectivity index (χ3n) is 2.00. The smallest absolute Gasteiger partial charge is 0.404 e. The van der Waals surface area contributed by atoms with Gasteiger partial charge in [0.25, 0.3) is 6.43 Å². The van der Waals surface area contributed by atoms with Crippen LogP contribution >= 0.6 is 11.6 Å². The first-order valence-electron chi connectivity index (χ1n) is 4.51. The molecule has 1 heterocycles. The molecule has 0 radical (unpaired) electrons. The molecule has 0 bridgehead atoms. The lowest BCUT2D eigenvalue weighted by molar-refractivity contribution is -0.275. The van der Waals surface area contributed by atoms with Gasteiger partial charge in [-0.05, 0) is 0 Å². The SMILES string of the molecule is OCc1ncc(OC(F)(F)F)c(C(F)F)c1CCl. The average molecular weight is 292 g/mol. The average Bonchev–Trinajstić information content (AvgIpc) is 2.25. The molecule has 102 valence electrons. The summed E-state index contributed by atoms with van der Waals surface area (Å²) in [4.78, 5) is 3.40. The van der Waals surface area contributed by atoms with Crippen LogP contribution in [0.5, 0.6) is 5.75 Å². The number of aliphatic hydroxyl groups excluding tert-OH is 1. The van der Waals surface area contributed by atoms with Gasteiger partial charge in [-0.25, -0.2) is 8.78 Å². The number of hydrogen-bond donors (Lipinski definition) is 1. The zero-order valence-corrected chi connectivity index (χ0v) is 9.40. The number of nitrogens with zero attached hydrogens (tertiary/aromatic N) is 1. The first-order valence-corrected chi connectivity index (χ1v) is 5.05. The molecule has 1 rings (SSSR count). The number of alkyl halides is 6. The molecule has 0 aliphatic carbocycles. The number of halogens is 6. The van der Waals surface area contributed by atoms with Crippen molar-refractivity contribution >= 4 is 11.6 Å². The van der Waals surface area contributed by atoms with E-state index in [-0.39, 0.29) is 11.3 Å². The number of aliphatic hydroxyl groups is 1. The van der Waals surface area contributed by atoms with Crippen molar-refractivity contribution < 1.29 is 31.8 Å². The van der Waals surface area contributed by atoms with Gasteiger partial charge in [-0.15, -0.1) is 24.8 Å². The molecule has 0 atom stereocenters. The van der Waals surface area contributed by atoms with Crippen LogP contribution in [0.4, 0.5) is 22.0 Å². The molecule has 0 aliphatic heterocycles. The van der Waals surface area contributed by atoms with E-state index < -0.39 is 36.6 Å². The molecule has 3 nitrogen and oxygen atoms in total. The van der Waals surface area contributed by atoms with E-state index >= 15 is 0 Å². The monoisotopic (exact) mass is 291 g/mol. The fourth-order valence-electron chi connectivity index (χ4n) is 1.32. The van der Waals surface area contributed by atoms with Gasteiger partial charge in [0.1, 0.15) is 0 Å². The molecule has 0 amide bonds. The fourth-order valence-corrected chi connectivity index (χ4v) is 1.62. The minimum atomic E-state index is -5.12. The summed E-state index contributed by atoms with van der Waals surface area (Å²) < 4.78 is 65.0. The Morgan fingerprint density at radius 1 is 1.39 bits per heavy atom. The number of hydrogen-bond acceptors (Lipinski definition) is 3. The van der Waals surface area contributed by atoms with E-state index in [0.717, 1.165) is 0 Å². The molecule has 0 fully saturated rings. The van der Waals surface area contributed by atoms with Crippen LogP contribution in [0.25, 0.3) is 0 Å². The standard InChI is InChI=1S/C9H7ClF5NO2/c10-1-4-5(3-17)16-2-6(7(4)8(11)12)18-9(13,14)15/h2,8,17H,1,3H2. The molecule has 18 heavy (non-hydrogen) atoms. The zero-order valence-electron chi connectivity index (χ0n) is 8.64. The van der Waals surface area contributed by atoms with Crippen LogP contribution < -0.4 is 4.74 Å². The lowest BCUT2D eigenvalue weighted by atomic mass is 10.1. The maximum absolute atomic E-state index is 12.8.